The Hall–Kier alpha value is -1.51. The molecule has 0 aliphatic rings. The second-order valence-corrected chi connectivity index (χ2v) is 5.34. The van der Waals surface area contributed by atoms with Crippen LogP contribution < -0.4 is 10.1 Å². The summed E-state index contributed by atoms with van der Waals surface area (Å²) in [5.74, 6) is 0.912. The fourth-order valence-electron chi connectivity index (χ4n) is 2.30. The maximum Gasteiger partial charge on any atom is 0.119 e. The Kier molecular flexibility index (Phi) is 6.09. The molecule has 1 unspecified atom stereocenters. The van der Waals surface area contributed by atoms with Crippen LogP contribution in [0.3, 0.4) is 0 Å². The van der Waals surface area contributed by atoms with E-state index >= 15 is 0 Å². The first-order chi connectivity index (χ1) is 10.3. The van der Waals surface area contributed by atoms with Crippen molar-refractivity contribution in [2.24, 2.45) is 0 Å². The zero-order chi connectivity index (χ0) is 15.1. The smallest absolute Gasteiger partial charge is 0.119 e. The number of halogens is 1. The second kappa shape index (κ2) is 8.06. The van der Waals surface area contributed by atoms with Crippen LogP contribution in [0, 0.1) is 0 Å². The largest absolute Gasteiger partial charge is 0.494 e. The molecular weight excluding hydrogens is 282 g/mol. The van der Waals surface area contributed by atoms with Gasteiger partial charge in [0.1, 0.15) is 5.75 Å². The van der Waals surface area contributed by atoms with Gasteiger partial charge in [-0.3, -0.25) is 0 Å². The topological polar surface area (TPSA) is 21.3 Å². The monoisotopic (exact) mass is 303 g/mol. The predicted octanol–water partition coefficient (Wildman–Crippen LogP) is 4.83. The van der Waals surface area contributed by atoms with Crippen LogP contribution in [-0.2, 0) is 0 Å². The fraction of sp³-hybridized carbons (Fsp3) is 0.333. The molecule has 2 aromatic rings. The highest BCUT2D eigenvalue weighted by Gasteiger charge is 2.15. The number of benzene rings is 2. The standard InChI is InChI=1S/C18H22ClNO/c1-3-13-21-15-11-9-14(10-12-15)18(20-4-2)16-7-5-6-8-17(16)19/h5-12,18,20H,3-4,13H2,1-2H3. The fourth-order valence-corrected chi connectivity index (χ4v) is 2.54. The summed E-state index contributed by atoms with van der Waals surface area (Å²) in [4.78, 5) is 0. The normalized spacial score (nSPS) is 12.1. The highest BCUT2D eigenvalue weighted by Crippen LogP contribution is 2.29. The van der Waals surface area contributed by atoms with Crippen molar-refractivity contribution in [3.63, 3.8) is 0 Å². The molecule has 112 valence electrons. The van der Waals surface area contributed by atoms with Crippen LogP contribution in [0.2, 0.25) is 5.02 Å². The lowest BCUT2D eigenvalue weighted by molar-refractivity contribution is 0.317. The molecule has 0 radical (unpaired) electrons. The summed E-state index contributed by atoms with van der Waals surface area (Å²) >= 11 is 6.34. The van der Waals surface area contributed by atoms with Crippen LogP contribution in [0.5, 0.6) is 5.75 Å². The van der Waals surface area contributed by atoms with Crippen molar-refractivity contribution in [1.29, 1.82) is 0 Å². The van der Waals surface area contributed by atoms with Crippen molar-refractivity contribution < 1.29 is 4.74 Å². The lowest BCUT2D eigenvalue weighted by Gasteiger charge is -2.20. The Labute approximate surface area is 132 Å². The van der Waals surface area contributed by atoms with Crippen LogP contribution in [0.25, 0.3) is 0 Å². The van der Waals surface area contributed by atoms with E-state index in [0.717, 1.165) is 35.9 Å². The number of hydrogen-bond acceptors (Lipinski definition) is 2. The lowest BCUT2D eigenvalue weighted by atomic mass is 9.98. The molecule has 3 heteroatoms. The van der Waals surface area contributed by atoms with Crippen molar-refractivity contribution in [2.75, 3.05) is 13.2 Å². The van der Waals surface area contributed by atoms with Crippen molar-refractivity contribution in [3.8, 4) is 5.75 Å². The van der Waals surface area contributed by atoms with Gasteiger partial charge in [0.25, 0.3) is 0 Å². The molecule has 0 saturated carbocycles. The highest BCUT2D eigenvalue weighted by atomic mass is 35.5. The Morgan fingerprint density at radius 1 is 1.05 bits per heavy atom. The first-order valence-electron chi connectivity index (χ1n) is 7.46. The van der Waals surface area contributed by atoms with Crippen molar-refractivity contribution in [1.82, 2.24) is 5.32 Å². The van der Waals surface area contributed by atoms with Crippen molar-refractivity contribution in [2.45, 2.75) is 26.3 Å². The van der Waals surface area contributed by atoms with Gasteiger partial charge >= 0.3 is 0 Å². The molecule has 2 nitrogen and oxygen atoms in total. The maximum atomic E-state index is 6.34. The average Bonchev–Trinajstić information content (AvgIpc) is 2.52. The molecule has 0 amide bonds. The lowest BCUT2D eigenvalue weighted by Crippen LogP contribution is -2.22. The third kappa shape index (κ3) is 4.23. The zero-order valence-electron chi connectivity index (χ0n) is 12.6. The van der Waals surface area contributed by atoms with E-state index in [1.54, 1.807) is 0 Å². The molecule has 0 fully saturated rings. The summed E-state index contributed by atoms with van der Waals surface area (Å²) in [5.41, 5.74) is 2.29. The third-order valence-electron chi connectivity index (χ3n) is 3.31. The third-order valence-corrected chi connectivity index (χ3v) is 3.65. The predicted molar refractivity (Wildman–Crippen MR) is 89.2 cm³/mol. The van der Waals surface area contributed by atoms with E-state index < -0.39 is 0 Å². The van der Waals surface area contributed by atoms with Crippen LogP contribution in [-0.4, -0.2) is 13.2 Å². The van der Waals surface area contributed by atoms with Crippen LogP contribution >= 0.6 is 11.6 Å². The van der Waals surface area contributed by atoms with E-state index in [2.05, 4.69) is 37.4 Å². The van der Waals surface area contributed by atoms with E-state index in [1.165, 1.54) is 5.56 Å². The highest BCUT2D eigenvalue weighted by molar-refractivity contribution is 6.31. The van der Waals surface area contributed by atoms with E-state index in [0.29, 0.717) is 0 Å². The van der Waals surface area contributed by atoms with Crippen LogP contribution in [0.4, 0.5) is 0 Å². The zero-order valence-corrected chi connectivity index (χ0v) is 13.4. The van der Waals surface area contributed by atoms with Gasteiger partial charge in [0, 0.05) is 5.02 Å². The van der Waals surface area contributed by atoms with Gasteiger partial charge in [0.2, 0.25) is 0 Å². The SMILES string of the molecule is CCCOc1ccc(C(NCC)c2ccccc2Cl)cc1. The summed E-state index contributed by atoms with van der Waals surface area (Å²) in [5, 5.41) is 4.28. The maximum absolute atomic E-state index is 6.34. The van der Waals surface area contributed by atoms with E-state index in [9.17, 15) is 0 Å². The number of nitrogens with one attached hydrogen (secondary N) is 1. The first kappa shape index (κ1) is 15.9. The molecule has 1 atom stereocenters. The van der Waals surface area contributed by atoms with Gasteiger partial charge in [0.05, 0.1) is 12.6 Å². The van der Waals surface area contributed by atoms with E-state index in [1.807, 2.05) is 30.3 Å². The molecule has 0 heterocycles. The summed E-state index contributed by atoms with van der Waals surface area (Å²) in [7, 11) is 0. The quantitative estimate of drug-likeness (QED) is 0.791. The summed E-state index contributed by atoms with van der Waals surface area (Å²) in [6.45, 7) is 5.83. The summed E-state index contributed by atoms with van der Waals surface area (Å²) in [6.07, 6.45) is 1.02. The molecule has 0 saturated heterocycles. The second-order valence-electron chi connectivity index (χ2n) is 4.93. The first-order valence-corrected chi connectivity index (χ1v) is 7.84. The van der Waals surface area contributed by atoms with Gasteiger partial charge in [-0.25, -0.2) is 0 Å². The minimum Gasteiger partial charge on any atom is -0.494 e. The summed E-state index contributed by atoms with van der Waals surface area (Å²) < 4.78 is 5.63. The molecule has 2 aromatic carbocycles. The average molecular weight is 304 g/mol. The molecule has 0 aromatic heterocycles. The molecule has 0 bridgehead atoms. The Balaban J connectivity index is 2.24. The van der Waals surface area contributed by atoms with Gasteiger partial charge in [-0.1, -0.05) is 55.8 Å². The molecule has 21 heavy (non-hydrogen) atoms. The molecule has 0 spiro atoms. The van der Waals surface area contributed by atoms with Crippen molar-refractivity contribution >= 4 is 11.6 Å². The van der Waals surface area contributed by atoms with E-state index in [-0.39, 0.29) is 6.04 Å². The Bertz CT molecular complexity index is 553. The molecule has 2 rings (SSSR count). The van der Waals surface area contributed by atoms with Gasteiger partial charge in [-0.2, -0.15) is 0 Å². The minimum atomic E-state index is 0.101. The van der Waals surface area contributed by atoms with Gasteiger partial charge in [0.15, 0.2) is 0 Å². The van der Waals surface area contributed by atoms with Gasteiger partial charge in [-0.15, -0.1) is 0 Å². The number of hydrogen-bond donors (Lipinski definition) is 1. The number of ether oxygens (including phenoxy) is 1. The Morgan fingerprint density at radius 2 is 1.76 bits per heavy atom. The number of rotatable bonds is 7. The van der Waals surface area contributed by atoms with Crippen LogP contribution in [0.15, 0.2) is 48.5 Å². The van der Waals surface area contributed by atoms with Crippen molar-refractivity contribution in [3.05, 3.63) is 64.7 Å². The van der Waals surface area contributed by atoms with E-state index in [4.69, 9.17) is 16.3 Å². The van der Waals surface area contributed by atoms with Gasteiger partial charge in [-0.05, 0) is 42.3 Å². The summed E-state index contributed by atoms with van der Waals surface area (Å²) in [6, 6.07) is 16.3. The van der Waals surface area contributed by atoms with Gasteiger partial charge < -0.3 is 10.1 Å². The Morgan fingerprint density at radius 3 is 2.38 bits per heavy atom. The molecular formula is C18H22ClNO. The van der Waals surface area contributed by atoms with Crippen LogP contribution in [0.1, 0.15) is 37.4 Å². The molecule has 0 aliphatic carbocycles. The molecule has 1 N–H and O–H groups in total. The minimum absolute atomic E-state index is 0.101. The molecule has 0 aliphatic heterocycles.